The molecule has 1 unspecified atom stereocenters. The molecule has 2 nitrogen and oxygen atoms in total. The van der Waals surface area contributed by atoms with E-state index in [4.69, 9.17) is 4.42 Å². The first kappa shape index (κ1) is 13.1. The number of furan rings is 1. The average molecular weight is 240 g/mol. The SMILES string of the molecule is CCNC(C)Cc1cc2ccccc2o1.Cl. The Hall–Kier alpha value is -0.990. The number of nitrogens with one attached hydrogen (secondary N) is 1. The molecule has 0 saturated carbocycles. The molecule has 1 N–H and O–H groups in total. The molecule has 16 heavy (non-hydrogen) atoms. The fourth-order valence-electron chi connectivity index (χ4n) is 1.86. The Kier molecular flexibility index (Phi) is 4.84. The minimum absolute atomic E-state index is 0. The largest absolute Gasteiger partial charge is 0.461 e. The molecule has 0 amide bonds. The zero-order valence-electron chi connectivity index (χ0n) is 9.69. The molecule has 0 radical (unpaired) electrons. The summed E-state index contributed by atoms with van der Waals surface area (Å²) in [6.45, 7) is 5.30. The van der Waals surface area contributed by atoms with Gasteiger partial charge in [0.2, 0.25) is 0 Å². The van der Waals surface area contributed by atoms with Crippen molar-refractivity contribution in [3.63, 3.8) is 0 Å². The number of para-hydroxylation sites is 1. The van der Waals surface area contributed by atoms with Gasteiger partial charge in [0.25, 0.3) is 0 Å². The van der Waals surface area contributed by atoms with E-state index in [-0.39, 0.29) is 12.4 Å². The Labute approximate surface area is 102 Å². The molecule has 2 rings (SSSR count). The van der Waals surface area contributed by atoms with Gasteiger partial charge in [-0.1, -0.05) is 25.1 Å². The number of halogens is 1. The van der Waals surface area contributed by atoms with Gasteiger partial charge in [-0.25, -0.2) is 0 Å². The first-order valence-corrected chi connectivity index (χ1v) is 5.50. The number of fused-ring (bicyclic) bond motifs is 1. The average Bonchev–Trinajstić information content (AvgIpc) is 2.59. The number of hydrogen-bond acceptors (Lipinski definition) is 2. The predicted molar refractivity (Wildman–Crippen MR) is 70.3 cm³/mol. The fraction of sp³-hybridized carbons (Fsp3) is 0.385. The summed E-state index contributed by atoms with van der Waals surface area (Å²) < 4.78 is 5.75. The second-order valence-electron chi connectivity index (χ2n) is 3.91. The summed E-state index contributed by atoms with van der Waals surface area (Å²) >= 11 is 0. The molecule has 3 heteroatoms. The summed E-state index contributed by atoms with van der Waals surface area (Å²) in [6, 6.07) is 10.7. The van der Waals surface area contributed by atoms with Crippen molar-refractivity contribution >= 4 is 23.4 Å². The van der Waals surface area contributed by atoms with E-state index in [9.17, 15) is 0 Å². The summed E-state index contributed by atoms with van der Waals surface area (Å²) in [4.78, 5) is 0. The lowest BCUT2D eigenvalue weighted by Gasteiger charge is -2.09. The first-order chi connectivity index (χ1) is 7.29. The number of benzene rings is 1. The van der Waals surface area contributed by atoms with Crippen LogP contribution in [0.25, 0.3) is 11.0 Å². The van der Waals surface area contributed by atoms with E-state index in [1.165, 1.54) is 5.39 Å². The van der Waals surface area contributed by atoms with Crippen molar-refractivity contribution in [3.05, 3.63) is 36.1 Å². The number of hydrogen-bond donors (Lipinski definition) is 1. The van der Waals surface area contributed by atoms with E-state index in [0.29, 0.717) is 6.04 Å². The molecular formula is C13H18ClNO. The maximum absolute atomic E-state index is 5.75. The highest BCUT2D eigenvalue weighted by atomic mass is 35.5. The number of rotatable bonds is 4. The van der Waals surface area contributed by atoms with E-state index in [1.807, 2.05) is 18.2 Å². The van der Waals surface area contributed by atoms with Crippen LogP contribution in [-0.2, 0) is 6.42 Å². The van der Waals surface area contributed by atoms with Gasteiger partial charge in [0.15, 0.2) is 0 Å². The fourth-order valence-corrected chi connectivity index (χ4v) is 1.86. The normalized spacial score (nSPS) is 12.4. The smallest absolute Gasteiger partial charge is 0.134 e. The lowest BCUT2D eigenvalue weighted by atomic mass is 10.2. The van der Waals surface area contributed by atoms with Gasteiger partial charge in [0.05, 0.1) is 0 Å². The molecule has 0 aliphatic heterocycles. The highest BCUT2D eigenvalue weighted by Gasteiger charge is 2.06. The third-order valence-electron chi connectivity index (χ3n) is 2.54. The maximum atomic E-state index is 5.75. The van der Waals surface area contributed by atoms with Crippen molar-refractivity contribution in [2.24, 2.45) is 0 Å². The Morgan fingerprint density at radius 3 is 2.75 bits per heavy atom. The third-order valence-corrected chi connectivity index (χ3v) is 2.54. The van der Waals surface area contributed by atoms with E-state index >= 15 is 0 Å². The van der Waals surface area contributed by atoms with Crippen LogP contribution in [0.3, 0.4) is 0 Å². The van der Waals surface area contributed by atoms with Crippen molar-refractivity contribution < 1.29 is 4.42 Å². The van der Waals surface area contributed by atoms with Gasteiger partial charge in [-0.3, -0.25) is 0 Å². The van der Waals surface area contributed by atoms with Gasteiger partial charge < -0.3 is 9.73 Å². The summed E-state index contributed by atoms with van der Waals surface area (Å²) in [7, 11) is 0. The zero-order chi connectivity index (χ0) is 10.7. The van der Waals surface area contributed by atoms with E-state index in [1.54, 1.807) is 0 Å². The maximum Gasteiger partial charge on any atom is 0.134 e. The Morgan fingerprint density at radius 1 is 1.31 bits per heavy atom. The molecule has 0 spiro atoms. The molecule has 0 aliphatic carbocycles. The van der Waals surface area contributed by atoms with Gasteiger partial charge in [0.1, 0.15) is 11.3 Å². The molecule has 2 aromatic rings. The summed E-state index contributed by atoms with van der Waals surface area (Å²) in [5.74, 6) is 1.06. The highest BCUT2D eigenvalue weighted by Crippen LogP contribution is 2.19. The van der Waals surface area contributed by atoms with Gasteiger partial charge in [-0.05, 0) is 25.6 Å². The molecule has 0 aliphatic rings. The van der Waals surface area contributed by atoms with Crippen LogP contribution in [0.5, 0.6) is 0 Å². The molecule has 88 valence electrons. The van der Waals surface area contributed by atoms with Gasteiger partial charge >= 0.3 is 0 Å². The van der Waals surface area contributed by atoms with Crippen LogP contribution in [0.1, 0.15) is 19.6 Å². The number of likely N-dealkylation sites (N-methyl/N-ethyl adjacent to an activating group) is 1. The lowest BCUT2D eigenvalue weighted by Crippen LogP contribution is -2.27. The van der Waals surface area contributed by atoms with Gasteiger partial charge in [-0.2, -0.15) is 0 Å². The third kappa shape index (κ3) is 3.00. The summed E-state index contributed by atoms with van der Waals surface area (Å²) in [5.41, 5.74) is 0.983. The molecule has 1 heterocycles. The Balaban J connectivity index is 0.00000128. The van der Waals surface area contributed by atoms with Crippen LogP contribution in [-0.4, -0.2) is 12.6 Å². The van der Waals surface area contributed by atoms with Gasteiger partial charge in [0, 0.05) is 17.8 Å². The second-order valence-corrected chi connectivity index (χ2v) is 3.91. The Morgan fingerprint density at radius 2 is 2.06 bits per heavy atom. The molecule has 0 bridgehead atoms. The highest BCUT2D eigenvalue weighted by molar-refractivity contribution is 5.85. The van der Waals surface area contributed by atoms with Gasteiger partial charge in [-0.15, -0.1) is 12.4 Å². The van der Waals surface area contributed by atoms with Crippen molar-refractivity contribution in [1.82, 2.24) is 5.32 Å². The first-order valence-electron chi connectivity index (χ1n) is 5.50. The van der Waals surface area contributed by atoms with E-state index in [0.717, 1.165) is 24.3 Å². The van der Waals surface area contributed by atoms with Crippen LogP contribution < -0.4 is 5.32 Å². The van der Waals surface area contributed by atoms with Crippen LogP contribution in [0, 0.1) is 0 Å². The molecular weight excluding hydrogens is 222 g/mol. The van der Waals surface area contributed by atoms with Crippen LogP contribution in [0.4, 0.5) is 0 Å². The van der Waals surface area contributed by atoms with Crippen molar-refractivity contribution in [3.8, 4) is 0 Å². The van der Waals surface area contributed by atoms with Crippen molar-refractivity contribution in [2.45, 2.75) is 26.3 Å². The molecule has 0 fully saturated rings. The molecule has 1 aromatic carbocycles. The van der Waals surface area contributed by atoms with Crippen molar-refractivity contribution in [2.75, 3.05) is 6.54 Å². The van der Waals surface area contributed by atoms with E-state index < -0.39 is 0 Å². The topological polar surface area (TPSA) is 25.2 Å². The predicted octanol–water partition coefficient (Wildman–Crippen LogP) is 3.40. The minimum atomic E-state index is 0. The molecule has 1 atom stereocenters. The Bertz CT molecular complexity index is 405. The zero-order valence-corrected chi connectivity index (χ0v) is 10.5. The second kappa shape index (κ2) is 5.92. The van der Waals surface area contributed by atoms with E-state index in [2.05, 4.69) is 31.3 Å². The summed E-state index contributed by atoms with van der Waals surface area (Å²) in [5, 5.41) is 4.57. The quantitative estimate of drug-likeness (QED) is 0.885. The molecule has 1 aromatic heterocycles. The van der Waals surface area contributed by atoms with Crippen LogP contribution in [0.2, 0.25) is 0 Å². The monoisotopic (exact) mass is 239 g/mol. The van der Waals surface area contributed by atoms with Crippen LogP contribution >= 0.6 is 12.4 Å². The summed E-state index contributed by atoms with van der Waals surface area (Å²) in [6.07, 6.45) is 0.947. The van der Waals surface area contributed by atoms with Crippen LogP contribution in [0.15, 0.2) is 34.7 Å². The standard InChI is InChI=1S/C13H17NO.ClH/c1-3-14-10(2)8-12-9-11-6-4-5-7-13(11)15-12;/h4-7,9-10,14H,3,8H2,1-2H3;1H. The minimum Gasteiger partial charge on any atom is -0.461 e. The lowest BCUT2D eigenvalue weighted by molar-refractivity contribution is 0.484. The molecule has 0 saturated heterocycles. The van der Waals surface area contributed by atoms with Crippen molar-refractivity contribution in [1.29, 1.82) is 0 Å².